The van der Waals surface area contributed by atoms with Crippen LogP contribution in [0.2, 0.25) is 5.02 Å². The molecule has 182 valence electrons. The molecule has 1 aliphatic heterocycles. The molecule has 1 fully saturated rings. The third-order valence-electron chi connectivity index (χ3n) is 5.05. The summed E-state index contributed by atoms with van der Waals surface area (Å²) >= 11 is 6.27. The highest BCUT2D eigenvalue weighted by atomic mass is 35.5. The number of alkyl carbamates (subject to hydrolysis) is 1. The number of halogens is 1. The standard InChI is InChI=1S/C24H30ClN5O4/c1-24(2,3)34-23(32)28-16-10-12-30(13-11-16)18-14-15(21(31)29-22(26)27)8-9-20(18)33-19-7-5-4-6-17(19)25/h4-9,14,16H,10-13H2,1-3H3,(H,28,32)(H4,26,27,29,31). The number of hydrogen-bond acceptors (Lipinski definition) is 5. The highest BCUT2D eigenvalue weighted by molar-refractivity contribution is 6.32. The van der Waals surface area contributed by atoms with E-state index in [1.165, 1.54) is 0 Å². The van der Waals surface area contributed by atoms with Gasteiger partial charge < -0.3 is 31.2 Å². The van der Waals surface area contributed by atoms with Crippen LogP contribution in [0.25, 0.3) is 0 Å². The van der Waals surface area contributed by atoms with Crippen molar-refractivity contribution >= 4 is 35.2 Å². The molecule has 1 saturated heterocycles. The summed E-state index contributed by atoms with van der Waals surface area (Å²) in [6.45, 7) is 6.73. The maximum atomic E-state index is 12.4. The van der Waals surface area contributed by atoms with Crippen molar-refractivity contribution in [3.8, 4) is 11.5 Å². The van der Waals surface area contributed by atoms with E-state index in [0.29, 0.717) is 53.7 Å². The van der Waals surface area contributed by atoms with E-state index in [2.05, 4.69) is 15.2 Å². The number of ether oxygens (including phenoxy) is 2. The lowest BCUT2D eigenvalue weighted by Crippen LogP contribution is -2.46. The Morgan fingerprint density at radius 1 is 1.09 bits per heavy atom. The molecule has 9 nitrogen and oxygen atoms in total. The SMILES string of the molecule is CC(C)(C)OC(=O)NC1CCN(c2cc(C(=O)N=C(N)N)ccc2Oc2ccccc2Cl)CC1. The molecule has 0 unspecified atom stereocenters. The number of carbonyl (C=O) groups is 2. The van der Waals surface area contributed by atoms with Crippen molar-refractivity contribution in [2.45, 2.75) is 45.3 Å². The van der Waals surface area contributed by atoms with Gasteiger partial charge in [0.25, 0.3) is 5.91 Å². The van der Waals surface area contributed by atoms with Crippen molar-refractivity contribution in [2.24, 2.45) is 16.5 Å². The topological polar surface area (TPSA) is 132 Å². The first-order valence-corrected chi connectivity index (χ1v) is 11.3. The third-order valence-corrected chi connectivity index (χ3v) is 5.36. The van der Waals surface area contributed by atoms with Crippen LogP contribution in [-0.2, 0) is 4.74 Å². The van der Waals surface area contributed by atoms with Crippen molar-refractivity contribution in [3.05, 3.63) is 53.1 Å². The molecule has 2 amide bonds. The van der Waals surface area contributed by atoms with Crippen LogP contribution in [0.3, 0.4) is 0 Å². The minimum atomic E-state index is -0.557. The second kappa shape index (κ2) is 10.6. The molecule has 3 rings (SSSR count). The Labute approximate surface area is 204 Å². The second-order valence-electron chi connectivity index (χ2n) is 8.96. The molecule has 1 aliphatic rings. The monoisotopic (exact) mass is 487 g/mol. The molecule has 0 spiro atoms. The van der Waals surface area contributed by atoms with Crippen LogP contribution in [0.5, 0.6) is 11.5 Å². The van der Waals surface area contributed by atoms with Gasteiger partial charge in [0, 0.05) is 24.7 Å². The first-order chi connectivity index (χ1) is 16.0. The minimum Gasteiger partial charge on any atom is -0.454 e. The number of benzene rings is 2. The maximum absolute atomic E-state index is 12.4. The smallest absolute Gasteiger partial charge is 0.407 e. The Kier molecular flexibility index (Phi) is 7.88. The molecule has 5 N–H and O–H groups in total. The van der Waals surface area contributed by atoms with Gasteiger partial charge in [-0.15, -0.1) is 0 Å². The second-order valence-corrected chi connectivity index (χ2v) is 9.37. The van der Waals surface area contributed by atoms with Crippen LogP contribution in [0.4, 0.5) is 10.5 Å². The number of aliphatic imine (C=N–C) groups is 1. The summed E-state index contributed by atoms with van der Waals surface area (Å²) in [7, 11) is 0. The lowest BCUT2D eigenvalue weighted by atomic mass is 10.0. The number of hydrogen-bond donors (Lipinski definition) is 3. The molecule has 34 heavy (non-hydrogen) atoms. The zero-order valence-corrected chi connectivity index (χ0v) is 20.3. The third kappa shape index (κ3) is 7.02. The number of guanidine groups is 1. The zero-order valence-electron chi connectivity index (χ0n) is 19.5. The number of para-hydroxylation sites is 1. The molecular weight excluding hydrogens is 458 g/mol. The van der Waals surface area contributed by atoms with Gasteiger partial charge in [-0.3, -0.25) is 4.79 Å². The highest BCUT2D eigenvalue weighted by Crippen LogP contribution is 2.37. The Morgan fingerprint density at radius 2 is 1.76 bits per heavy atom. The summed E-state index contributed by atoms with van der Waals surface area (Å²) < 4.78 is 11.5. The van der Waals surface area contributed by atoms with Crippen LogP contribution >= 0.6 is 11.6 Å². The summed E-state index contributed by atoms with van der Waals surface area (Å²) in [5, 5.41) is 3.39. The molecular formula is C24H30ClN5O4. The molecule has 0 radical (unpaired) electrons. The molecule has 0 aromatic heterocycles. The van der Waals surface area contributed by atoms with Gasteiger partial charge in [0.2, 0.25) is 0 Å². The van der Waals surface area contributed by atoms with E-state index in [1.54, 1.807) is 30.3 Å². The van der Waals surface area contributed by atoms with Crippen LogP contribution in [0, 0.1) is 0 Å². The summed E-state index contributed by atoms with van der Waals surface area (Å²) in [5.41, 5.74) is 11.2. The summed E-state index contributed by atoms with van der Waals surface area (Å²) in [5.74, 6) is 0.173. The Morgan fingerprint density at radius 3 is 2.38 bits per heavy atom. The minimum absolute atomic E-state index is 0.0227. The maximum Gasteiger partial charge on any atom is 0.407 e. The molecule has 0 saturated carbocycles. The average molecular weight is 488 g/mol. The molecule has 1 heterocycles. The van der Waals surface area contributed by atoms with Crippen molar-refractivity contribution in [1.29, 1.82) is 0 Å². The molecule has 2 aromatic carbocycles. The summed E-state index contributed by atoms with van der Waals surface area (Å²) in [4.78, 5) is 30.3. The fourth-order valence-corrected chi connectivity index (χ4v) is 3.72. The zero-order chi connectivity index (χ0) is 24.9. The Hall–Kier alpha value is -3.46. The largest absolute Gasteiger partial charge is 0.454 e. The van der Waals surface area contributed by atoms with Gasteiger partial charge in [0.05, 0.1) is 10.7 Å². The van der Waals surface area contributed by atoms with E-state index in [9.17, 15) is 9.59 Å². The predicted octanol–water partition coefficient (Wildman–Crippen LogP) is 4.04. The fourth-order valence-electron chi connectivity index (χ4n) is 3.55. The first kappa shape index (κ1) is 25.2. The number of piperidine rings is 1. The summed E-state index contributed by atoms with van der Waals surface area (Å²) in [6, 6.07) is 12.1. The number of amides is 2. The van der Waals surface area contributed by atoms with Crippen LogP contribution in [-0.4, -0.2) is 42.7 Å². The molecule has 0 bridgehead atoms. The first-order valence-electron chi connectivity index (χ1n) is 11.0. The number of nitrogens with one attached hydrogen (secondary N) is 1. The van der Waals surface area contributed by atoms with Crippen molar-refractivity contribution < 1.29 is 19.1 Å². The molecule has 10 heteroatoms. The lowest BCUT2D eigenvalue weighted by molar-refractivity contribution is 0.0497. The van der Waals surface area contributed by atoms with Gasteiger partial charge in [-0.05, 0) is 63.9 Å². The van der Waals surface area contributed by atoms with Crippen molar-refractivity contribution in [2.75, 3.05) is 18.0 Å². The molecule has 0 aliphatic carbocycles. The van der Waals surface area contributed by atoms with Crippen molar-refractivity contribution in [1.82, 2.24) is 5.32 Å². The van der Waals surface area contributed by atoms with Gasteiger partial charge in [-0.2, -0.15) is 4.99 Å². The lowest BCUT2D eigenvalue weighted by Gasteiger charge is -2.35. The van der Waals surface area contributed by atoms with E-state index >= 15 is 0 Å². The fraction of sp³-hybridized carbons (Fsp3) is 0.375. The van der Waals surface area contributed by atoms with E-state index < -0.39 is 17.6 Å². The van der Waals surface area contributed by atoms with Gasteiger partial charge in [-0.25, -0.2) is 4.79 Å². The predicted molar refractivity (Wildman–Crippen MR) is 133 cm³/mol. The number of carbonyl (C=O) groups excluding carboxylic acids is 2. The van der Waals surface area contributed by atoms with E-state index in [0.717, 1.165) is 0 Å². The van der Waals surface area contributed by atoms with E-state index in [4.69, 9.17) is 32.5 Å². The quantitative estimate of drug-likeness (QED) is 0.428. The van der Waals surface area contributed by atoms with Gasteiger partial charge >= 0.3 is 6.09 Å². The number of nitrogens with zero attached hydrogens (tertiary/aromatic N) is 2. The normalized spacial score (nSPS) is 14.3. The Balaban J connectivity index is 1.80. The van der Waals surface area contributed by atoms with Gasteiger partial charge in [0.15, 0.2) is 11.7 Å². The average Bonchev–Trinajstić information content (AvgIpc) is 2.74. The van der Waals surface area contributed by atoms with Crippen LogP contribution < -0.4 is 26.4 Å². The van der Waals surface area contributed by atoms with Crippen LogP contribution in [0.15, 0.2) is 47.5 Å². The van der Waals surface area contributed by atoms with E-state index in [1.807, 2.05) is 32.9 Å². The number of rotatable bonds is 5. The Bertz CT molecular complexity index is 1070. The summed E-state index contributed by atoms with van der Waals surface area (Å²) in [6.07, 6.45) is 0.951. The van der Waals surface area contributed by atoms with Crippen LogP contribution in [0.1, 0.15) is 44.0 Å². The van der Waals surface area contributed by atoms with Gasteiger partial charge in [0.1, 0.15) is 11.4 Å². The highest BCUT2D eigenvalue weighted by Gasteiger charge is 2.26. The van der Waals surface area contributed by atoms with E-state index in [-0.39, 0.29) is 12.0 Å². The molecule has 0 atom stereocenters. The molecule has 2 aromatic rings. The van der Waals surface area contributed by atoms with Crippen molar-refractivity contribution in [3.63, 3.8) is 0 Å². The number of nitrogens with two attached hydrogens (primary N) is 2. The van der Waals surface area contributed by atoms with Gasteiger partial charge in [-0.1, -0.05) is 23.7 Å². The number of anilines is 1.